The predicted molar refractivity (Wildman–Crippen MR) is 72.8 cm³/mol. The molecule has 20 heavy (non-hydrogen) atoms. The summed E-state index contributed by atoms with van der Waals surface area (Å²) in [7, 11) is 0. The molecule has 3 rings (SSSR count). The second kappa shape index (κ2) is 4.12. The van der Waals surface area contributed by atoms with E-state index in [9.17, 15) is 4.79 Å². The van der Waals surface area contributed by atoms with Crippen molar-refractivity contribution < 1.29 is 14.1 Å². The number of carbonyl (C=O) groups excluding carboxylic acids is 1. The van der Waals surface area contributed by atoms with Crippen LogP contribution in [0.15, 0.2) is 10.6 Å². The van der Waals surface area contributed by atoms with Gasteiger partial charge in [0.05, 0.1) is 12.3 Å². The minimum Gasteiger partial charge on any atom is -0.459 e. The van der Waals surface area contributed by atoms with Gasteiger partial charge in [-0.05, 0) is 18.8 Å². The molecular weight excluding hydrogens is 254 g/mol. The van der Waals surface area contributed by atoms with Gasteiger partial charge in [-0.3, -0.25) is 0 Å². The van der Waals surface area contributed by atoms with Crippen LogP contribution in [0.1, 0.15) is 43.4 Å². The maximum Gasteiger partial charge on any atom is 0.377 e. The Balaban J connectivity index is 1.70. The lowest BCUT2D eigenvalue weighted by Crippen LogP contribution is -2.23. The van der Waals surface area contributed by atoms with Crippen molar-refractivity contribution in [3.05, 3.63) is 17.5 Å². The smallest absolute Gasteiger partial charge is 0.377 e. The van der Waals surface area contributed by atoms with E-state index in [4.69, 9.17) is 9.26 Å². The third kappa shape index (κ3) is 1.76. The molecule has 106 valence electrons. The molecule has 3 unspecified atom stereocenters. The zero-order valence-electron chi connectivity index (χ0n) is 12.3. The average Bonchev–Trinajstić information content (AvgIpc) is 2.71. The third-order valence-electron chi connectivity index (χ3n) is 4.91. The van der Waals surface area contributed by atoms with Crippen molar-refractivity contribution >= 4 is 5.97 Å². The van der Waals surface area contributed by atoms with Gasteiger partial charge in [0, 0.05) is 23.3 Å². The summed E-state index contributed by atoms with van der Waals surface area (Å²) in [5.41, 5.74) is 0.794. The van der Waals surface area contributed by atoms with Gasteiger partial charge in [-0.2, -0.15) is 0 Å². The van der Waals surface area contributed by atoms with E-state index >= 15 is 0 Å². The van der Waals surface area contributed by atoms with Gasteiger partial charge in [0.1, 0.15) is 0 Å². The Bertz CT molecular complexity index is 619. The van der Waals surface area contributed by atoms with E-state index in [0.717, 1.165) is 6.42 Å². The van der Waals surface area contributed by atoms with Crippen molar-refractivity contribution in [3.8, 4) is 11.8 Å². The van der Waals surface area contributed by atoms with E-state index in [0.29, 0.717) is 24.1 Å². The standard InChI is InChI=1S/C16H19NO3/c1-10-5-6-13-15(3,4)16(13,8-10)9-19-14(18)12-7-11(2)17-20-12/h7,10,13H,8-9H2,1-4H3. The van der Waals surface area contributed by atoms with Crippen molar-refractivity contribution in [1.29, 1.82) is 0 Å². The first-order chi connectivity index (χ1) is 9.37. The first kappa shape index (κ1) is 13.2. The maximum absolute atomic E-state index is 12.0. The Kier molecular flexibility index (Phi) is 2.72. The van der Waals surface area contributed by atoms with Crippen LogP contribution in [0.3, 0.4) is 0 Å². The highest BCUT2D eigenvalue weighted by Gasteiger charge is 2.71. The number of ether oxygens (including phenoxy) is 1. The summed E-state index contributed by atoms with van der Waals surface area (Å²) in [6.45, 7) is 8.72. The average molecular weight is 273 g/mol. The Morgan fingerprint density at radius 2 is 2.30 bits per heavy atom. The van der Waals surface area contributed by atoms with E-state index in [-0.39, 0.29) is 16.6 Å². The summed E-state index contributed by atoms with van der Waals surface area (Å²) in [5, 5.41) is 3.70. The van der Waals surface area contributed by atoms with Crippen LogP contribution in [-0.2, 0) is 4.74 Å². The van der Waals surface area contributed by atoms with Gasteiger partial charge in [-0.1, -0.05) is 37.8 Å². The topological polar surface area (TPSA) is 52.3 Å². The maximum atomic E-state index is 12.0. The highest BCUT2D eigenvalue weighted by molar-refractivity contribution is 5.86. The van der Waals surface area contributed by atoms with Gasteiger partial charge in [0.2, 0.25) is 5.76 Å². The minimum absolute atomic E-state index is 0.00237. The molecule has 4 heteroatoms. The molecule has 1 aromatic heterocycles. The molecule has 0 amide bonds. The molecule has 4 nitrogen and oxygen atoms in total. The lowest BCUT2D eigenvalue weighted by atomic mass is 9.85. The fraction of sp³-hybridized carbons (Fsp3) is 0.625. The number of hydrogen-bond acceptors (Lipinski definition) is 4. The molecule has 0 spiro atoms. The van der Waals surface area contributed by atoms with Crippen LogP contribution in [-0.4, -0.2) is 17.7 Å². The van der Waals surface area contributed by atoms with Crippen LogP contribution >= 0.6 is 0 Å². The predicted octanol–water partition coefficient (Wildman–Crippen LogP) is 2.83. The number of fused-ring (bicyclic) bond motifs is 1. The van der Waals surface area contributed by atoms with Crippen molar-refractivity contribution in [1.82, 2.24) is 5.16 Å². The molecule has 0 saturated heterocycles. The molecule has 1 fully saturated rings. The number of aromatic nitrogens is 1. The molecule has 0 N–H and O–H groups in total. The molecule has 0 bridgehead atoms. The number of carbonyl (C=O) groups is 1. The van der Waals surface area contributed by atoms with Crippen molar-refractivity contribution in [2.75, 3.05) is 6.61 Å². The van der Waals surface area contributed by atoms with Crippen molar-refractivity contribution in [3.63, 3.8) is 0 Å². The fourth-order valence-electron chi connectivity index (χ4n) is 3.52. The Morgan fingerprint density at radius 1 is 1.55 bits per heavy atom. The molecule has 0 aliphatic heterocycles. The Morgan fingerprint density at radius 3 is 2.95 bits per heavy atom. The summed E-state index contributed by atoms with van der Waals surface area (Å²) >= 11 is 0. The fourth-order valence-corrected chi connectivity index (χ4v) is 3.52. The molecule has 3 atom stereocenters. The molecule has 2 aliphatic rings. The van der Waals surface area contributed by atoms with Gasteiger partial charge in [0.25, 0.3) is 0 Å². The molecule has 1 aromatic rings. The normalized spacial score (nSPS) is 32.8. The quantitative estimate of drug-likeness (QED) is 0.627. The van der Waals surface area contributed by atoms with E-state index in [1.54, 1.807) is 13.0 Å². The largest absolute Gasteiger partial charge is 0.459 e. The molecule has 2 aliphatic carbocycles. The Hall–Kier alpha value is -1.76. The molecule has 0 aromatic carbocycles. The van der Waals surface area contributed by atoms with Crippen LogP contribution in [0.2, 0.25) is 0 Å². The zero-order chi connectivity index (χ0) is 14.5. The SMILES string of the molecule is Cc1cc(C(=O)OCC23CC(C)C#CC2C3(C)C)on1. The summed E-state index contributed by atoms with van der Waals surface area (Å²) < 4.78 is 10.4. The second-order valence-corrected chi connectivity index (χ2v) is 6.61. The summed E-state index contributed by atoms with van der Waals surface area (Å²) in [6.07, 6.45) is 0.986. The molecular formula is C16H19NO3. The van der Waals surface area contributed by atoms with Gasteiger partial charge in [-0.25, -0.2) is 4.79 Å². The monoisotopic (exact) mass is 273 g/mol. The van der Waals surface area contributed by atoms with Crippen LogP contribution in [0.25, 0.3) is 0 Å². The Labute approximate surface area is 118 Å². The van der Waals surface area contributed by atoms with E-state index in [2.05, 4.69) is 37.8 Å². The van der Waals surface area contributed by atoms with Crippen LogP contribution < -0.4 is 0 Å². The van der Waals surface area contributed by atoms with Crippen LogP contribution in [0, 0.1) is 41.4 Å². The summed E-state index contributed by atoms with van der Waals surface area (Å²) in [5.74, 6) is 7.01. The number of nitrogens with zero attached hydrogens (tertiary/aromatic N) is 1. The highest BCUT2D eigenvalue weighted by atomic mass is 16.6. The number of rotatable bonds is 3. The molecule has 0 radical (unpaired) electrons. The van der Waals surface area contributed by atoms with Gasteiger partial charge in [0.15, 0.2) is 0 Å². The first-order valence-electron chi connectivity index (χ1n) is 6.98. The zero-order valence-corrected chi connectivity index (χ0v) is 12.3. The van der Waals surface area contributed by atoms with Gasteiger partial charge >= 0.3 is 5.97 Å². The third-order valence-corrected chi connectivity index (χ3v) is 4.91. The summed E-state index contributed by atoms with van der Waals surface area (Å²) in [4.78, 5) is 12.0. The number of hydrogen-bond donors (Lipinski definition) is 0. The van der Waals surface area contributed by atoms with E-state index in [1.165, 1.54) is 0 Å². The van der Waals surface area contributed by atoms with Crippen LogP contribution in [0.5, 0.6) is 0 Å². The lowest BCUT2D eigenvalue weighted by Gasteiger charge is -2.22. The second-order valence-electron chi connectivity index (χ2n) is 6.61. The highest BCUT2D eigenvalue weighted by Crippen LogP contribution is 2.72. The first-order valence-corrected chi connectivity index (χ1v) is 6.98. The van der Waals surface area contributed by atoms with E-state index in [1.807, 2.05) is 0 Å². The summed E-state index contributed by atoms with van der Waals surface area (Å²) in [6, 6.07) is 1.60. The number of esters is 1. The van der Waals surface area contributed by atoms with Gasteiger partial charge in [-0.15, -0.1) is 0 Å². The van der Waals surface area contributed by atoms with E-state index < -0.39 is 5.97 Å². The molecule has 1 saturated carbocycles. The van der Waals surface area contributed by atoms with Crippen molar-refractivity contribution in [2.45, 2.75) is 34.1 Å². The van der Waals surface area contributed by atoms with Gasteiger partial charge < -0.3 is 9.26 Å². The van der Waals surface area contributed by atoms with Crippen LogP contribution in [0.4, 0.5) is 0 Å². The number of aryl methyl sites for hydroxylation is 1. The minimum atomic E-state index is -0.437. The lowest BCUT2D eigenvalue weighted by molar-refractivity contribution is 0.0309. The molecule has 1 heterocycles. The van der Waals surface area contributed by atoms with Crippen molar-refractivity contribution in [2.24, 2.45) is 22.7 Å².